The van der Waals surface area contributed by atoms with Crippen molar-refractivity contribution in [3.8, 4) is 11.3 Å². The van der Waals surface area contributed by atoms with Crippen LogP contribution in [0.5, 0.6) is 0 Å². The molecule has 0 radical (unpaired) electrons. The molecular formula is C19H27N5O. The molecule has 1 aliphatic heterocycles. The number of hydrogen-bond acceptors (Lipinski definition) is 6. The second-order valence-electron chi connectivity index (χ2n) is 6.52. The van der Waals surface area contributed by atoms with Crippen molar-refractivity contribution in [3.63, 3.8) is 0 Å². The first-order valence-electron chi connectivity index (χ1n) is 9.27. The van der Waals surface area contributed by atoms with E-state index in [1.165, 1.54) is 6.42 Å². The van der Waals surface area contributed by atoms with Gasteiger partial charge in [-0.25, -0.2) is 4.98 Å². The van der Waals surface area contributed by atoms with Gasteiger partial charge in [0, 0.05) is 25.5 Å². The molecule has 0 spiro atoms. The van der Waals surface area contributed by atoms with Gasteiger partial charge in [-0.15, -0.1) is 0 Å². The van der Waals surface area contributed by atoms with Crippen LogP contribution < -0.4 is 10.6 Å². The molecule has 1 unspecified atom stereocenters. The third-order valence-electron chi connectivity index (χ3n) is 4.48. The summed E-state index contributed by atoms with van der Waals surface area (Å²) in [6.07, 6.45) is 10.6. The summed E-state index contributed by atoms with van der Waals surface area (Å²) < 4.78 is 0. The van der Waals surface area contributed by atoms with Gasteiger partial charge in [0.1, 0.15) is 5.82 Å². The molecular weight excluding hydrogens is 314 g/mol. The third kappa shape index (κ3) is 5.39. The van der Waals surface area contributed by atoms with Gasteiger partial charge in [0.25, 0.3) is 0 Å². The zero-order chi connectivity index (χ0) is 17.3. The van der Waals surface area contributed by atoms with Crippen LogP contribution in [-0.4, -0.2) is 39.3 Å². The standard InChI is InChI=1S/C19H27N5O/c25-15-8-3-1-2-5-12-22-19-23-14-16(17-10-4-6-11-20-17)18(24-19)21-13-7-9-15/h4,6,10-11,14-15,25H,1-3,5,7-9,12-13H2,(H2,21,22,23,24). The lowest BCUT2D eigenvalue weighted by Crippen LogP contribution is -2.12. The van der Waals surface area contributed by atoms with Crippen LogP contribution in [0.15, 0.2) is 30.6 Å². The quantitative estimate of drug-likeness (QED) is 0.737. The summed E-state index contributed by atoms with van der Waals surface area (Å²) >= 11 is 0. The Balaban J connectivity index is 1.77. The SMILES string of the molecule is OC1CCCCCCNc2ncc(-c3ccccn3)c(n2)NCCC1. The molecule has 0 fully saturated rings. The smallest absolute Gasteiger partial charge is 0.224 e. The zero-order valence-corrected chi connectivity index (χ0v) is 14.6. The van der Waals surface area contributed by atoms with Gasteiger partial charge in [0.05, 0.1) is 17.4 Å². The zero-order valence-electron chi connectivity index (χ0n) is 14.6. The molecule has 6 heteroatoms. The fourth-order valence-corrected chi connectivity index (χ4v) is 3.06. The van der Waals surface area contributed by atoms with E-state index in [0.717, 1.165) is 68.7 Å². The maximum absolute atomic E-state index is 10.1. The van der Waals surface area contributed by atoms with Crippen LogP contribution in [0.25, 0.3) is 11.3 Å². The van der Waals surface area contributed by atoms with Crippen molar-refractivity contribution in [2.75, 3.05) is 23.7 Å². The number of pyridine rings is 1. The Morgan fingerprint density at radius 1 is 0.920 bits per heavy atom. The molecule has 0 amide bonds. The molecule has 0 saturated carbocycles. The summed E-state index contributed by atoms with van der Waals surface area (Å²) in [7, 11) is 0. The molecule has 1 aliphatic rings. The molecule has 3 heterocycles. The Bertz CT molecular complexity index is 650. The topological polar surface area (TPSA) is 83.0 Å². The van der Waals surface area contributed by atoms with Crippen molar-refractivity contribution in [2.45, 2.75) is 51.0 Å². The van der Waals surface area contributed by atoms with Gasteiger partial charge in [0.15, 0.2) is 0 Å². The molecule has 0 aliphatic carbocycles. The summed E-state index contributed by atoms with van der Waals surface area (Å²) in [6, 6.07) is 5.82. The van der Waals surface area contributed by atoms with E-state index in [1.807, 2.05) is 24.4 Å². The Morgan fingerprint density at radius 2 is 1.76 bits per heavy atom. The first-order chi connectivity index (χ1) is 12.3. The lowest BCUT2D eigenvalue weighted by molar-refractivity contribution is 0.149. The van der Waals surface area contributed by atoms with Gasteiger partial charge in [-0.2, -0.15) is 4.98 Å². The van der Waals surface area contributed by atoms with Crippen LogP contribution in [0.2, 0.25) is 0 Å². The third-order valence-corrected chi connectivity index (χ3v) is 4.48. The van der Waals surface area contributed by atoms with Crippen molar-refractivity contribution >= 4 is 11.8 Å². The van der Waals surface area contributed by atoms with E-state index < -0.39 is 0 Å². The van der Waals surface area contributed by atoms with Crippen molar-refractivity contribution in [1.82, 2.24) is 15.0 Å². The molecule has 3 N–H and O–H groups in total. The number of rotatable bonds is 1. The van der Waals surface area contributed by atoms with E-state index in [4.69, 9.17) is 0 Å². The van der Waals surface area contributed by atoms with Crippen molar-refractivity contribution in [1.29, 1.82) is 0 Å². The number of aliphatic hydroxyl groups excluding tert-OH is 1. The van der Waals surface area contributed by atoms with Crippen molar-refractivity contribution < 1.29 is 5.11 Å². The first kappa shape index (κ1) is 17.6. The predicted octanol–water partition coefficient (Wildman–Crippen LogP) is 3.47. The van der Waals surface area contributed by atoms with Crippen LogP contribution in [0.1, 0.15) is 44.9 Å². The van der Waals surface area contributed by atoms with Crippen LogP contribution in [0.3, 0.4) is 0 Å². The fourth-order valence-electron chi connectivity index (χ4n) is 3.06. The normalized spacial score (nSPS) is 19.8. The maximum atomic E-state index is 10.1. The van der Waals surface area contributed by atoms with Crippen molar-refractivity contribution in [3.05, 3.63) is 30.6 Å². The van der Waals surface area contributed by atoms with Gasteiger partial charge in [-0.05, 0) is 37.8 Å². The minimum atomic E-state index is -0.193. The number of hydrogen-bond donors (Lipinski definition) is 3. The molecule has 2 aromatic rings. The number of aromatic nitrogens is 3. The minimum absolute atomic E-state index is 0.193. The van der Waals surface area contributed by atoms with E-state index in [1.54, 1.807) is 6.20 Å². The minimum Gasteiger partial charge on any atom is -0.393 e. The predicted molar refractivity (Wildman–Crippen MR) is 101 cm³/mol. The average molecular weight is 341 g/mol. The molecule has 1 atom stereocenters. The average Bonchev–Trinajstić information content (AvgIpc) is 2.65. The Kier molecular flexibility index (Phi) is 6.56. The summed E-state index contributed by atoms with van der Waals surface area (Å²) in [6.45, 7) is 1.64. The molecule has 2 aromatic heterocycles. The maximum Gasteiger partial charge on any atom is 0.224 e. The van der Waals surface area contributed by atoms with Gasteiger partial charge < -0.3 is 15.7 Å². The lowest BCUT2D eigenvalue weighted by Gasteiger charge is -2.13. The number of aliphatic hydroxyl groups is 1. The van der Waals surface area contributed by atoms with Gasteiger partial charge in [-0.1, -0.05) is 25.3 Å². The highest BCUT2D eigenvalue weighted by atomic mass is 16.3. The number of fused-ring (bicyclic) bond motifs is 2. The fraction of sp³-hybridized carbons (Fsp3) is 0.526. The molecule has 6 nitrogen and oxygen atoms in total. The van der Waals surface area contributed by atoms with Crippen LogP contribution in [0, 0.1) is 0 Å². The molecule has 25 heavy (non-hydrogen) atoms. The van der Waals surface area contributed by atoms with Gasteiger partial charge in [-0.3, -0.25) is 4.98 Å². The number of nitrogens with one attached hydrogen (secondary N) is 2. The van der Waals surface area contributed by atoms with E-state index in [9.17, 15) is 5.11 Å². The van der Waals surface area contributed by atoms with Crippen LogP contribution in [-0.2, 0) is 0 Å². The Hall–Kier alpha value is -2.21. The molecule has 0 saturated heterocycles. The van der Waals surface area contributed by atoms with Gasteiger partial charge in [0.2, 0.25) is 5.95 Å². The monoisotopic (exact) mass is 341 g/mol. The Morgan fingerprint density at radius 3 is 2.64 bits per heavy atom. The highest BCUT2D eigenvalue weighted by Crippen LogP contribution is 2.25. The summed E-state index contributed by atoms with van der Waals surface area (Å²) in [5, 5.41) is 16.8. The molecule has 134 valence electrons. The van der Waals surface area contributed by atoms with E-state index >= 15 is 0 Å². The highest BCUT2D eigenvalue weighted by Gasteiger charge is 2.11. The Labute approximate surface area is 149 Å². The summed E-state index contributed by atoms with van der Waals surface area (Å²) in [5.41, 5.74) is 1.76. The summed E-state index contributed by atoms with van der Waals surface area (Å²) in [4.78, 5) is 13.5. The molecule has 0 aromatic carbocycles. The highest BCUT2D eigenvalue weighted by molar-refractivity contribution is 5.72. The molecule has 2 bridgehead atoms. The van der Waals surface area contributed by atoms with Crippen molar-refractivity contribution in [2.24, 2.45) is 0 Å². The van der Waals surface area contributed by atoms with Gasteiger partial charge >= 0.3 is 0 Å². The lowest BCUT2D eigenvalue weighted by atomic mass is 10.1. The number of anilines is 2. The first-order valence-corrected chi connectivity index (χ1v) is 9.27. The number of nitrogens with zero attached hydrogens (tertiary/aromatic N) is 3. The van der Waals surface area contributed by atoms with E-state index in [-0.39, 0.29) is 6.10 Å². The van der Waals surface area contributed by atoms with E-state index in [0.29, 0.717) is 5.95 Å². The second kappa shape index (κ2) is 9.32. The van der Waals surface area contributed by atoms with Crippen LogP contribution >= 0.6 is 0 Å². The largest absolute Gasteiger partial charge is 0.393 e. The van der Waals surface area contributed by atoms with E-state index in [2.05, 4.69) is 25.6 Å². The second-order valence-corrected chi connectivity index (χ2v) is 6.52. The molecule has 3 rings (SSSR count). The van der Waals surface area contributed by atoms with Crippen LogP contribution in [0.4, 0.5) is 11.8 Å². The summed E-state index contributed by atoms with van der Waals surface area (Å²) in [5.74, 6) is 1.44.